The molecule has 1 aromatic heterocycles. The highest BCUT2D eigenvalue weighted by molar-refractivity contribution is 7.82. The van der Waals surface area contributed by atoms with Gasteiger partial charge in [0.1, 0.15) is 16.6 Å². The third-order valence-electron chi connectivity index (χ3n) is 1.66. The van der Waals surface area contributed by atoms with Crippen LogP contribution < -0.4 is 5.14 Å². The summed E-state index contributed by atoms with van der Waals surface area (Å²) in [5.41, 5.74) is 0.714. The molecule has 1 unspecified atom stereocenters. The fourth-order valence-electron chi connectivity index (χ4n) is 1.06. The first-order chi connectivity index (χ1) is 5.77. The first kappa shape index (κ1) is 7.52. The average molecular weight is 181 g/mol. The molecule has 0 saturated heterocycles. The second-order valence-corrected chi connectivity index (χ2v) is 3.48. The summed E-state index contributed by atoms with van der Waals surface area (Å²) in [5, 5.41) is 6.19. The minimum Gasteiger partial charge on any atom is -0.464 e. The predicted octanol–water partition coefficient (Wildman–Crippen LogP) is 1.41. The van der Waals surface area contributed by atoms with Crippen molar-refractivity contribution >= 4 is 22.0 Å². The number of fused-ring (bicyclic) bond motifs is 1. The average Bonchev–Trinajstić information content (AvgIpc) is 2.49. The van der Waals surface area contributed by atoms with Crippen molar-refractivity contribution in [3.63, 3.8) is 0 Å². The van der Waals surface area contributed by atoms with E-state index >= 15 is 0 Å². The molecule has 0 aliphatic rings. The summed E-state index contributed by atoms with van der Waals surface area (Å²) in [6.07, 6.45) is 1.59. The highest BCUT2D eigenvalue weighted by Crippen LogP contribution is 2.17. The Balaban J connectivity index is 2.68. The first-order valence-corrected chi connectivity index (χ1v) is 4.62. The van der Waals surface area contributed by atoms with Crippen molar-refractivity contribution in [3.8, 4) is 0 Å². The van der Waals surface area contributed by atoms with E-state index in [0.717, 1.165) is 5.39 Å². The number of nitrogens with two attached hydrogens (primary N) is 1. The van der Waals surface area contributed by atoms with Gasteiger partial charge in [0.05, 0.1) is 11.2 Å². The zero-order chi connectivity index (χ0) is 8.55. The quantitative estimate of drug-likeness (QED) is 0.723. The van der Waals surface area contributed by atoms with E-state index in [4.69, 9.17) is 9.56 Å². The summed E-state index contributed by atoms with van der Waals surface area (Å²) in [6, 6.07) is 7.09. The molecule has 12 heavy (non-hydrogen) atoms. The molecule has 0 spiro atoms. The molecule has 3 nitrogen and oxygen atoms in total. The maximum absolute atomic E-state index is 10.9. The minimum absolute atomic E-state index is 0.581. The molecule has 0 amide bonds. The number of furan rings is 1. The van der Waals surface area contributed by atoms with Crippen LogP contribution in [0.1, 0.15) is 0 Å². The van der Waals surface area contributed by atoms with Gasteiger partial charge >= 0.3 is 0 Å². The van der Waals surface area contributed by atoms with Gasteiger partial charge in [0.25, 0.3) is 0 Å². The Morgan fingerprint density at radius 2 is 2.17 bits per heavy atom. The van der Waals surface area contributed by atoms with Crippen molar-refractivity contribution < 1.29 is 8.63 Å². The zero-order valence-electron chi connectivity index (χ0n) is 6.19. The summed E-state index contributed by atoms with van der Waals surface area (Å²) < 4.78 is 16.0. The van der Waals surface area contributed by atoms with Gasteiger partial charge in [-0.25, -0.2) is 9.35 Å². The monoisotopic (exact) mass is 181 g/mol. The molecule has 2 rings (SSSR count). The lowest BCUT2D eigenvalue weighted by Gasteiger charge is -1.93. The van der Waals surface area contributed by atoms with E-state index in [1.165, 1.54) is 0 Å². The number of rotatable bonds is 1. The molecule has 1 heterocycles. The van der Waals surface area contributed by atoms with Gasteiger partial charge in [-0.3, -0.25) is 0 Å². The second kappa shape index (κ2) is 2.73. The van der Waals surface area contributed by atoms with Gasteiger partial charge in [0, 0.05) is 5.39 Å². The molecule has 2 N–H and O–H groups in total. The highest BCUT2D eigenvalue weighted by atomic mass is 32.2. The fourth-order valence-corrected chi connectivity index (χ4v) is 1.49. The van der Waals surface area contributed by atoms with E-state index in [9.17, 15) is 4.21 Å². The maximum Gasteiger partial charge on any atom is 0.135 e. The van der Waals surface area contributed by atoms with Crippen molar-refractivity contribution in [2.45, 2.75) is 4.90 Å². The van der Waals surface area contributed by atoms with Crippen LogP contribution in [-0.4, -0.2) is 4.21 Å². The molecule has 0 fully saturated rings. The van der Waals surface area contributed by atoms with E-state index < -0.39 is 11.0 Å². The number of hydrogen-bond acceptors (Lipinski definition) is 2. The van der Waals surface area contributed by atoms with Crippen LogP contribution in [0.3, 0.4) is 0 Å². The van der Waals surface area contributed by atoms with Crippen molar-refractivity contribution in [1.82, 2.24) is 0 Å². The fraction of sp³-hybridized carbons (Fsp3) is 0. The molecule has 1 aromatic carbocycles. The molecule has 0 aliphatic carbocycles. The molecule has 0 bridgehead atoms. The van der Waals surface area contributed by atoms with E-state index in [0.29, 0.717) is 10.5 Å². The van der Waals surface area contributed by atoms with Crippen LogP contribution in [0.5, 0.6) is 0 Å². The smallest absolute Gasteiger partial charge is 0.135 e. The Labute approximate surface area is 71.8 Å². The second-order valence-electron chi connectivity index (χ2n) is 2.42. The summed E-state index contributed by atoms with van der Waals surface area (Å²) >= 11 is 0. The van der Waals surface area contributed by atoms with Crippen molar-refractivity contribution in [1.29, 1.82) is 0 Å². The lowest BCUT2D eigenvalue weighted by atomic mass is 10.3. The Hall–Kier alpha value is -1.13. The third kappa shape index (κ3) is 1.15. The molecule has 2 aromatic rings. The Bertz CT molecular complexity index is 435. The van der Waals surface area contributed by atoms with E-state index in [1.54, 1.807) is 18.4 Å². The first-order valence-electron chi connectivity index (χ1n) is 3.41. The number of hydrogen-bond donors (Lipinski definition) is 1. The third-order valence-corrected chi connectivity index (χ3v) is 2.38. The lowest BCUT2D eigenvalue weighted by Crippen LogP contribution is -2.01. The van der Waals surface area contributed by atoms with E-state index in [1.807, 2.05) is 12.1 Å². The molecule has 4 heteroatoms. The normalized spacial score (nSPS) is 13.4. The van der Waals surface area contributed by atoms with Gasteiger partial charge in [0.2, 0.25) is 0 Å². The van der Waals surface area contributed by atoms with Gasteiger partial charge in [-0.2, -0.15) is 0 Å². The van der Waals surface area contributed by atoms with Crippen LogP contribution in [0.4, 0.5) is 0 Å². The minimum atomic E-state index is -1.43. The van der Waals surface area contributed by atoms with Gasteiger partial charge < -0.3 is 4.42 Å². The van der Waals surface area contributed by atoms with E-state index in [2.05, 4.69) is 0 Å². The predicted molar refractivity (Wildman–Crippen MR) is 46.8 cm³/mol. The Kier molecular flexibility index (Phi) is 1.71. The summed E-state index contributed by atoms with van der Waals surface area (Å²) in [4.78, 5) is 0.581. The van der Waals surface area contributed by atoms with E-state index in [-0.39, 0.29) is 0 Å². The van der Waals surface area contributed by atoms with Crippen molar-refractivity contribution in [2.75, 3.05) is 0 Å². The summed E-state index contributed by atoms with van der Waals surface area (Å²) in [5.74, 6) is 0. The van der Waals surface area contributed by atoms with Crippen LogP contribution in [0.15, 0.2) is 39.8 Å². The Morgan fingerprint density at radius 3 is 2.92 bits per heavy atom. The van der Waals surface area contributed by atoms with Gasteiger partial charge in [0.15, 0.2) is 0 Å². The largest absolute Gasteiger partial charge is 0.464 e. The maximum atomic E-state index is 10.9. The summed E-state index contributed by atoms with van der Waals surface area (Å²) in [7, 11) is -1.43. The standard InChI is InChI=1S/C8H7NO2S/c9-12(10)7-2-1-6-3-4-11-8(6)5-7/h1-5H,9H2. The van der Waals surface area contributed by atoms with Gasteiger partial charge in [-0.05, 0) is 24.3 Å². The molecular weight excluding hydrogens is 174 g/mol. The zero-order valence-corrected chi connectivity index (χ0v) is 7.01. The van der Waals surface area contributed by atoms with Gasteiger partial charge in [-0.15, -0.1) is 0 Å². The number of benzene rings is 1. The van der Waals surface area contributed by atoms with Gasteiger partial charge in [-0.1, -0.05) is 0 Å². The van der Waals surface area contributed by atoms with Crippen LogP contribution in [-0.2, 0) is 11.0 Å². The SMILES string of the molecule is NS(=O)c1ccc2ccoc2c1. The molecule has 0 radical (unpaired) electrons. The van der Waals surface area contributed by atoms with Crippen LogP contribution in [0, 0.1) is 0 Å². The molecule has 0 saturated carbocycles. The Morgan fingerprint density at radius 1 is 1.33 bits per heavy atom. The van der Waals surface area contributed by atoms with Crippen LogP contribution >= 0.6 is 0 Å². The molecule has 62 valence electrons. The van der Waals surface area contributed by atoms with Crippen LogP contribution in [0.2, 0.25) is 0 Å². The molecule has 0 aliphatic heterocycles. The van der Waals surface area contributed by atoms with Crippen LogP contribution in [0.25, 0.3) is 11.0 Å². The summed E-state index contributed by atoms with van der Waals surface area (Å²) in [6.45, 7) is 0. The molecular formula is C8H7NO2S. The lowest BCUT2D eigenvalue weighted by molar-refractivity contribution is 0.614. The highest BCUT2D eigenvalue weighted by Gasteiger charge is 2.01. The molecule has 1 atom stereocenters. The van der Waals surface area contributed by atoms with Crippen molar-refractivity contribution in [2.24, 2.45) is 5.14 Å². The topological polar surface area (TPSA) is 56.2 Å². The van der Waals surface area contributed by atoms with Crippen molar-refractivity contribution in [3.05, 3.63) is 30.5 Å².